The van der Waals surface area contributed by atoms with Crippen LogP contribution in [0.1, 0.15) is 36.6 Å². The van der Waals surface area contributed by atoms with E-state index >= 15 is 0 Å². The summed E-state index contributed by atoms with van der Waals surface area (Å²) in [4.78, 5) is 14.5. The van der Waals surface area contributed by atoms with Crippen LogP contribution in [0, 0.1) is 0 Å². The Bertz CT molecular complexity index is 525. The monoisotopic (exact) mass is 321 g/mol. The number of nitrogens with zero attached hydrogens (tertiary/aromatic N) is 3. The maximum atomic E-state index is 12.1. The SMILES string of the molecule is Cn1ncc2c1CCCC2NC(=O)NCCCN1CCOCC1. The normalized spacial score (nSPS) is 21.7. The first-order chi connectivity index (χ1) is 11.2. The number of urea groups is 1. The first-order valence-electron chi connectivity index (χ1n) is 8.59. The van der Waals surface area contributed by atoms with Gasteiger partial charge in [0.25, 0.3) is 0 Å². The Morgan fingerprint density at radius 2 is 2.26 bits per heavy atom. The largest absolute Gasteiger partial charge is 0.379 e. The van der Waals surface area contributed by atoms with E-state index in [1.165, 1.54) is 11.3 Å². The van der Waals surface area contributed by atoms with Crippen LogP contribution >= 0.6 is 0 Å². The van der Waals surface area contributed by atoms with Gasteiger partial charge in [-0.1, -0.05) is 0 Å². The zero-order valence-electron chi connectivity index (χ0n) is 13.9. The van der Waals surface area contributed by atoms with Gasteiger partial charge in [-0.25, -0.2) is 4.79 Å². The van der Waals surface area contributed by atoms with Crippen LogP contribution in [0.3, 0.4) is 0 Å². The summed E-state index contributed by atoms with van der Waals surface area (Å²) in [5.74, 6) is 0. The minimum Gasteiger partial charge on any atom is -0.379 e. The second-order valence-electron chi connectivity index (χ2n) is 6.32. The van der Waals surface area contributed by atoms with Crippen LogP contribution in [0.15, 0.2) is 6.20 Å². The Morgan fingerprint density at radius 3 is 3.09 bits per heavy atom. The number of hydrogen-bond donors (Lipinski definition) is 2. The molecule has 1 aromatic rings. The Hall–Kier alpha value is -1.60. The van der Waals surface area contributed by atoms with Gasteiger partial charge in [0, 0.05) is 37.9 Å². The van der Waals surface area contributed by atoms with Gasteiger partial charge in [0.15, 0.2) is 0 Å². The molecule has 23 heavy (non-hydrogen) atoms. The molecule has 0 bridgehead atoms. The molecule has 2 aliphatic rings. The van der Waals surface area contributed by atoms with E-state index < -0.39 is 0 Å². The van der Waals surface area contributed by atoms with Crippen LogP contribution in [0.5, 0.6) is 0 Å². The topological polar surface area (TPSA) is 71.4 Å². The molecular formula is C16H27N5O2. The molecule has 0 saturated carbocycles. The average Bonchev–Trinajstić information content (AvgIpc) is 2.95. The maximum absolute atomic E-state index is 12.1. The summed E-state index contributed by atoms with van der Waals surface area (Å²) in [6, 6.07) is 0.0142. The number of nitrogens with one attached hydrogen (secondary N) is 2. The van der Waals surface area contributed by atoms with Gasteiger partial charge in [-0.2, -0.15) is 5.10 Å². The summed E-state index contributed by atoms with van der Waals surface area (Å²) >= 11 is 0. The van der Waals surface area contributed by atoms with Crippen LogP contribution in [0.25, 0.3) is 0 Å². The number of aryl methyl sites for hydroxylation is 1. The van der Waals surface area contributed by atoms with Gasteiger partial charge in [0.2, 0.25) is 0 Å². The number of carbonyl (C=O) groups is 1. The molecular weight excluding hydrogens is 294 g/mol. The van der Waals surface area contributed by atoms with Crippen LogP contribution in [0.4, 0.5) is 4.79 Å². The number of hydrogen-bond acceptors (Lipinski definition) is 4. The van der Waals surface area contributed by atoms with Gasteiger partial charge >= 0.3 is 6.03 Å². The summed E-state index contributed by atoms with van der Waals surface area (Å²) < 4.78 is 7.25. The van der Waals surface area contributed by atoms with Gasteiger partial charge < -0.3 is 15.4 Å². The lowest BCUT2D eigenvalue weighted by molar-refractivity contribution is 0.0375. The van der Waals surface area contributed by atoms with Crippen LogP contribution < -0.4 is 10.6 Å². The molecule has 1 saturated heterocycles. The van der Waals surface area contributed by atoms with E-state index in [4.69, 9.17) is 4.74 Å². The fourth-order valence-electron chi connectivity index (χ4n) is 3.39. The lowest BCUT2D eigenvalue weighted by Gasteiger charge is -2.26. The highest BCUT2D eigenvalue weighted by Crippen LogP contribution is 2.28. The molecule has 0 aromatic carbocycles. The van der Waals surface area contributed by atoms with Crippen LogP contribution in [-0.4, -0.2) is 60.1 Å². The first-order valence-corrected chi connectivity index (χ1v) is 8.59. The second kappa shape index (κ2) is 7.79. The molecule has 1 unspecified atom stereocenters. The van der Waals surface area contributed by atoms with Gasteiger partial charge in [-0.05, 0) is 32.2 Å². The van der Waals surface area contributed by atoms with E-state index in [9.17, 15) is 4.79 Å². The van der Waals surface area contributed by atoms with Crippen molar-refractivity contribution in [1.29, 1.82) is 0 Å². The van der Waals surface area contributed by atoms with Gasteiger partial charge in [0.1, 0.15) is 0 Å². The van der Waals surface area contributed by atoms with Crippen molar-refractivity contribution >= 4 is 6.03 Å². The number of amides is 2. The molecule has 1 aliphatic carbocycles. The van der Waals surface area contributed by atoms with Crippen molar-refractivity contribution in [2.24, 2.45) is 7.05 Å². The molecule has 2 N–H and O–H groups in total. The predicted octanol–water partition coefficient (Wildman–Crippen LogP) is 0.819. The number of aromatic nitrogens is 2. The second-order valence-corrected chi connectivity index (χ2v) is 6.32. The fourth-order valence-corrected chi connectivity index (χ4v) is 3.39. The molecule has 7 nitrogen and oxygen atoms in total. The average molecular weight is 321 g/mol. The first kappa shape index (κ1) is 16.3. The van der Waals surface area contributed by atoms with E-state index in [0.29, 0.717) is 6.54 Å². The van der Waals surface area contributed by atoms with E-state index in [1.807, 2.05) is 17.9 Å². The maximum Gasteiger partial charge on any atom is 0.315 e. The van der Waals surface area contributed by atoms with E-state index in [-0.39, 0.29) is 12.1 Å². The fraction of sp³-hybridized carbons (Fsp3) is 0.750. The summed E-state index contributed by atoms with van der Waals surface area (Å²) in [7, 11) is 1.97. The molecule has 1 aliphatic heterocycles. The highest BCUT2D eigenvalue weighted by atomic mass is 16.5. The smallest absolute Gasteiger partial charge is 0.315 e. The summed E-state index contributed by atoms with van der Waals surface area (Å²) in [6.45, 7) is 5.36. The van der Waals surface area contributed by atoms with Crippen molar-refractivity contribution in [3.05, 3.63) is 17.5 Å². The van der Waals surface area contributed by atoms with Gasteiger partial charge in [0.05, 0.1) is 25.5 Å². The van der Waals surface area contributed by atoms with Crippen molar-refractivity contribution in [1.82, 2.24) is 25.3 Å². The standard InChI is InChI=1S/C16H27N5O2/c1-20-15-5-2-4-14(13(15)12-18-20)19-16(22)17-6-3-7-21-8-10-23-11-9-21/h12,14H,2-11H2,1H3,(H2,17,19,22). The quantitative estimate of drug-likeness (QED) is 0.788. The zero-order chi connectivity index (χ0) is 16.1. The molecule has 128 valence electrons. The van der Waals surface area contributed by atoms with E-state index in [1.54, 1.807) is 0 Å². The molecule has 1 aromatic heterocycles. The third kappa shape index (κ3) is 4.23. The lowest BCUT2D eigenvalue weighted by atomic mass is 9.93. The Labute approximate surface area is 137 Å². The zero-order valence-corrected chi connectivity index (χ0v) is 13.9. The third-order valence-electron chi connectivity index (χ3n) is 4.72. The molecule has 7 heteroatoms. The molecule has 2 heterocycles. The number of fused-ring (bicyclic) bond motifs is 1. The number of rotatable bonds is 5. The summed E-state index contributed by atoms with van der Waals surface area (Å²) in [5, 5.41) is 10.4. The predicted molar refractivity (Wildman–Crippen MR) is 87.3 cm³/mol. The highest BCUT2D eigenvalue weighted by Gasteiger charge is 2.24. The van der Waals surface area contributed by atoms with Crippen molar-refractivity contribution in [3.8, 4) is 0 Å². The molecule has 0 radical (unpaired) electrons. The lowest BCUT2D eigenvalue weighted by Crippen LogP contribution is -2.41. The minimum atomic E-state index is -0.0753. The Morgan fingerprint density at radius 1 is 1.43 bits per heavy atom. The van der Waals surface area contributed by atoms with E-state index in [0.717, 1.165) is 58.5 Å². The molecule has 1 atom stereocenters. The number of ether oxygens (including phenoxy) is 1. The molecule has 1 fully saturated rings. The molecule has 2 amide bonds. The Kier molecular flexibility index (Phi) is 5.51. The van der Waals surface area contributed by atoms with E-state index in [2.05, 4.69) is 20.6 Å². The van der Waals surface area contributed by atoms with Crippen molar-refractivity contribution in [2.75, 3.05) is 39.4 Å². The summed E-state index contributed by atoms with van der Waals surface area (Å²) in [6.07, 6.45) is 5.98. The highest BCUT2D eigenvalue weighted by molar-refractivity contribution is 5.74. The van der Waals surface area contributed by atoms with Crippen LogP contribution in [-0.2, 0) is 18.2 Å². The third-order valence-corrected chi connectivity index (χ3v) is 4.72. The van der Waals surface area contributed by atoms with Crippen molar-refractivity contribution < 1.29 is 9.53 Å². The van der Waals surface area contributed by atoms with Crippen LogP contribution in [0.2, 0.25) is 0 Å². The van der Waals surface area contributed by atoms with Gasteiger partial charge in [-0.3, -0.25) is 9.58 Å². The Balaban J connectivity index is 1.38. The van der Waals surface area contributed by atoms with Crippen molar-refractivity contribution in [2.45, 2.75) is 31.7 Å². The number of morpholine rings is 1. The van der Waals surface area contributed by atoms with Crippen molar-refractivity contribution in [3.63, 3.8) is 0 Å². The minimum absolute atomic E-state index is 0.0753. The number of carbonyl (C=O) groups excluding carboxylic acids is 1. The molecule has 3 rings (SSSR count). The molecule has 0 spiro atoms. The summed E-state index contributed by atoms with van der Waals surface area (Å²) in [5.41, 5.74) is 2.41. The van der Waals surface area contributed by atoms with Gasteiger partial charge in [-0.15, -0.1) is 0 Å².